The zero-order valence-corrected chi connectivity index (χ0v) is 12.4. The molecule has 0 aromatic rings. The summed E-state index contributed by atoms with van der Waals surface area (Å²) < 4.78 is 0. The SMILES string of the molecule is CCCNC1CCCCC(C2CCCCCC2)C1. The molecule has 1 heteroatoms. The second kappa shape index (κ2) is 8.19. The van der Waals surface area contributed by atoms with Gasteiger partial charge in [-0.1, -0.05) is 64.7 Å². The zero-order valence-electron chi connectivity index (χ0n) is 12.4. The van der Waals surface area contributed by atoms with Gasteiger partial charge in [0.15, 0.2) is 0 Å². The van der Waals surface area contributed by atoms with Gasteiger partial charge in [-0.25, -0.2) is 0 Å². The highest BCUT2D eigenvalue weighted by Gasteiger charge is 2.27. The average molecular weight is 251 g/mol. The fourth-order valence-corrected chi connectivity index (χ4v) is 4.14. The Hall–Kier alpha value is -0.0400. The summed E-state index contributed by atoms with van der Waals surface area (Å²) in [5.74, 6) is 2.11. The zero-order chi connectivity index (χ0) is 12.6. The first-order chi connectivity index (χ1) is 8.90. The van der Waals surface area contributed by atoms with E-state index in [0.29, 0.717) is 0 Å². The van der Waals surface area contributed by atoms with Gasteiger partial charge in [-0.05, 0) is 37.6 Å². The molecule has 0 radical (unpaired) electrons. The topological polar surface area (TPSA) is 12.0 Å². The smallest absolute Gasteiger partial charge is 0.00698 e. The van der Waals surface area contributed by atoms with E-state index in [4.69, 9.17) is 0 Å². The Balaban J connectivity index is 1.84. The molecule has 1 N–H and O–H groups in total. The first-order valence-corrected chi connectivity index (χ1v) is 8.63. The van der Waals surface area contributed by atoms with Gasteiger partial charge in [0.2, 0.25) is 0 Å². The van der Waals surface area contributed by atoms with Crippen LogP contribution in [0.4, 0.5) is 0 Å². The van der Waals surface area contributed by atoms with Crippen molar-refractivity contribution in [1.82, 2.24) is 5.32 Å². The fraction of sp³-hybridized carbons (Fsp3) is 1.00. The van der Waals surface area contributed by atoms with E-state index in [-0.39, 0.29) is 0 Å². The van der Waals surface area contributed by atoms with E-state index in [1.165, 1.54) is 83.6 Å². The Morgan fingerprint density at radius 3 is 2.11 bits per heavy atom. The van der Waals surface area contributed by atoms with Crippen molar-refractivity contribution in [3.63, 3.8) is 0 Å². The lowest BCUT2D eigenvalue weighted by atomic mass is 9.80. The predicted octanol–water partition coefficient (Wildman–Crippen LogP) is 4.91. The molecule has 18 heavy (non-hydrogen) atoms. The monoisotopic (exact) mass is 251 g/mol. The minimum atomic E-state index is 0.834. The van der Waals surface area contributed by atoms with Crippen molar-refractivity contribution in [2.45, 2.75) is 90.0 Å². The summed E-state index contributed by atoms with van der Waals surface area (Å²) in [4.78, 5) is 0. The van der Waals surface area contributed by atoms with Gasteiger partial charge in [0, 0.05) is 6.04 Å². The number of hydrogen-bond donors (Lipinski definition) is 1. The third kappa shape index (κ3) is 4.57. The second-order valence-corrected chi connectivity index (χ2v) is 6.68. The van der Waals surface area contributed by atoms with E-state index < -0.39 is 0 Å². The molecule has 1 nitrogen and oxygen atoms in total. The molecule has 2 rings (SSSR count). The lowest BCUT2D eigenvalue weighted by molar-refractivity contribution is 0.250. The Kier molecular flexibility index (Phi) is 6.54. The summed E-state index contributed by atoms with van der Waals surface area (Å²) in [5, 5.41) is 3.80. The van der Waals surface area contributed by atoms with Crippen molar-refractivity contribution in [1.29, 1.82) is 0 Å². The fourth-order valence-electron chi connectivity index (χ4n) is 4.14. The predicted molar refractivity (Wildman–Crippen MR) is 79.8 cm³/mol. The highest BCUT2D eigenvalue weighted by atomic mass is 14.9. The minimum absolute atomic E-state index is 0.834. The number of hydrogen-bond acceptors (Lipinski definition) is 1. The van der Waals surface area contributed by atoms with Crippen LogP contribution in [0.25, 0.3) is 0 Å². The molecule has 2 aliphatic rings. The molecule has 0 bridgehead atoms. The molecule has 0 heterocycles. The maximum absolute atomic E-state index is 3.80. The maximum Gasteiger partial charge on any atom is 0.00698 e. The van der Waals surface area contributed by atoms with Crippen molar-refractivity contribution in [2.75, 3.05) is 6.54 Å². The van der Waals surface area contributed by atoms with Gasteiger partial charge in [0.25, 0.3) is 0 Å². The second-order valence-electron chi connectivity index (χ2n) is 6.68. The summed E-state index contributed by atoms with van der Waals surface area (Å²) in [6.45, 7) is 3.51. The molecule has 2 aliphatic carbocycles. The summed E-state index contributed by atoms with van der Waals surface area (Å²) >= 11 is 0. The maximum atomic E-state index is 3.80. The molecule has 2 saturated carbocycles. The van der Waals surface area contributed by atoms with Crippen LogP contribution in [0.15, 0.2) is 0 Å². The van der Waals surface area contributed by atoms with Crippen LogP contribution >= 0.6 is 0 Å². The lowest BCUT2D eigenvalue weighted by Crippen LogP contribution is -2.32. The number of nitrogens with one attached hydrogen (secondary N) is 1. The van der Waals surface area contributed by atoms with Crippen molar-refractivity contribution in [3.05, 3.63) is 0 Å². The van der Waals surface area contributed by atoms with Crippen LogP contribution < -0.4 is 5.32 Å². The first kappa shape index (κ1) is 14.4. The molecular weight excluding hydrogens is 218 g/mol. The van der Waals surface area contributed by atoms with Gasteiger partial charge in [0.1, 0.15) is 0 Å². The van der Waals surface area contributed by atoms with Crippen LogP contribution in [0, 0.1) is 11.8 Å². The summed E-state index contributed by atoms with van der Waals surface area (Å²) in [6.07, 6.45) is 17.8. The van der Waals surface area contributed by atoms with Crippen LogP contribution in [-0.4, -0.2) is 12.6 Å². The van der Waals surface area contributed by atoms with E-state index in [2.05, 4.69) is 12.2 Å². The summed E-state index contributed by atoms with van der Waals surface area (Å²) in [5.41, 5.74) is 0. The molecule has 2 fully saturated rings. The van der Waals surface area contributed by atoms with Crippen LogP contribution in [0.1, 0.15) is 84.0 Å². The molecule has 0 amide bonds. The molecule has 2 unspecified atom stereocenters. The highest BCUT2D eigenvalue weighted by Crippen LogP contribution is 2.36. The van der Waals surface area contributed by atoms with Crippen LogP contribution in [-0.2, 0) is 0 Å². The first-order valence-electron chi connectivity index (χ1n) is 8.63. The van der Waals surface area contributed by atoms with Crippen LogP contribution in [0.3, 0.4) is 0 Å². The van der Waals surface area contributed by atoms with Gasteiger partial charge in [-0.2, -0.15) is 0 Å². The highest BCUT2D eigenvalue weighted by molar-refractivity contribution is 4.81. The molecule has 0 spiro atoms. The van der Waals surface area contributed by atoms with E-state index in [0.717, 1.165) is 17.9 Å². The van der Waals surface area contributed by atoms with Crippen LogP contribution in [0.5, 0.6) is 0 Å². The Morgan fingerprint density at radius 1 is 0.778 bits per heavy atom. The van der Waals surface area contributed by atoms with Crippen molar-refractivity contribution in [2.24, 2.45) is 11.8 Å². The van der Waals surface area contributed by atoms with Gasteiger partial charge >= 0.3 is 0 Å². The van der Waals surface area contributed by atoms with Gasteiger partial charge < -0.3 is 5.32 Å². The Morgan fingerprint density at radius 2 is 1.39 bits per heavy atom. The van der Waals surface area contributed by atoms with E-state index >= 15 is 0 Å². The normalized spacial score (nSPS) is 31.8. The quantitative estimate of drug-likeness (QED) is 0.700. The van der Waals surface area contributed by atoms with Gasteiger partial charge in [-0.15, -0.1) is 0 Å². The Bertz CT molecular complexity index is 206. The minimum Gasteiger partial charge on any atom is -0.314 e. The summed E-state index contributed by atoms with van der Waals surface area (Å²) in [6, 6.07) is 0.834. The Labute approximate surface area is 114 Å². The molecule has 0 aromatic carbocycles. The standard InChI is InChI=1S/C17H33N/c1-2-13-18-17-12-8-7-11-16(14-17)15-9-5-3-4-6-10-15/h15-18H,2-14H2,1H3. The number of rotatable bonds is 4. The molecule has 106 valence electrons. The van der Waals surface area contributed by atoms with Crippen LogP contribution in [0.2, 0.25) is 0 Å². The third-order valence-electron chi connectivity index (χ3n) is 5.21. The van der Waals surface area contributed by atoms with E-state index in [1.807, 2.05) is 0 Å². The molecule has 0 aromatic heterocycles. The summed E-state index contributed by atoms with van der Waals surface area (Å²) in [7, 11) is 0. The lowest BCUT2D eigenvalue weighted by Gasteiger charge is -2.28. The molecule has 2 atom stereocenters. The van der Waals surface area contributed by atoms with Crippen molar-refractivity contribution >= 4 is 0 Å². The largest absolute Gasteiger partial charge is 0.314 e. The van der Waals surface area contributed by atoms with E-state index in [1.54, 1.807) is 0 Å². The van der Waals surface area contributed by atoms with Crippen molar-refractivity contribution in [3.8, 4) is 0 Å². The average Bonchev–Trinajstić information content (AvgIpc) is 2.78. The molecule has 0 saturated heterocycles. The third-order valence-corrected chi connectivity index (χ3v) is 5.21. The molecular formula is C17H33N. The van der Waals surface area contributed by atoms with Gasteiger partial charge in [-0.3, -0.25) is 0 Å². The van der Waals surface area contributed by atoms with E-state index in [9.17, 15) is 0 Å². The molecule has 0 aliphatic heterocycles. The van der Waals surface area contributed by atoms with Gasteiger partial charge in [0.05, 0.1) is 0 Å². The van der Waals surface area contributed by atoms with Crippen molar-refractivity contribution < 1.29 is 0 Å².